The highest BCUT2D eigenvalue weighted by molar-refractivity contribution is 9.11. The van der Waals surface area contributed by atoms with Gasteiger partial charge in [0.2, 0.25) is 0 Å². The summed E-state index contributed by atoms with van der Waals surface area (Å²) >= 11 is 6.97. The minimum atomic E-state index is -0.874. The molecule has 4 amide bonds. The van der Waals surface area contributed by atoms with Crippen molar-refractivity contribution in [2.75, 3.05) is 4.90 Å². The van der Waals surface area contributed by atoms with Crippen molar-refractivity contribution in [1.29, 1.82) is 0 Å². The molecule has 1 aliphatic rings. The normalized spacial score (nSPS) is 14.8. The van der Waals surface area contributed by atoms with E-state index in [1.54, 1.807) is 12.1 Å². The number of phenolic OH excluding ortho intramolecular Hbond substituents is 1. The average Bonchev–Trinajstić information content (AvgIpc) is 2.87. The standard InChI is InChI=1S/C28H18Br2N2O5/c29-19-12-18(13-23-26(34)31-28(36)32(27(23)35)20-8-10-21(33)11-9-20)25(24(30)14-19)37-15-17-6-3-5-16-4-1-2-7-22(16)17/h1-14,33H,15H2,(H,31,34,36)/b23-13+. The second-order valence-corrected chi connectivity index (χ2v) is 9.98. The number of fused-ring (bicyclic) bond motifs is 1. The molecule has 0 aliphatic carbocycles. The van der Waals surface area contributed by atoms with Crippen LogP contribution in [0.25, 0.3) is 16.8 Å². The third-order valence-corrected chi connectivity index (χ3v) is 6.85. The van der Waals surface area contributed by atoms with Crippen molar-refractivity contribution in [2.45, 2.75) is 6.61 Å². The van der Waals surface area contributed by atoms with Crippen LogP contribution in [0.5, 0.6) is 11.5 Å². The Labute approximate surface area is 228 Å². The fourth-order valence-electron chi connectivity index (χ4n) is 4.06. The molecule has 0 unspecified atom stereocenters. The number of carbonyl (C=O) groups is 3. The van der Waals surface area contributed by atoms with Gasteiger partial charge in [0.25, 0.3) is 11.8 Å². The summed E-state index contributed by atoms with van der Waals surface area (Å²) in [7, 11) is 0. The summed E-state index contributed by atoms with van der Waals surface area (Å²) in [6, 6.07) is 22.1. The summed E-state index contributed by atoms with van der Waals surface area (Å²) in [6.45, 7) is 0.246. The quantitative estimate of drug-likeness (QED) is 0.201. The van der Waals surface area contributed by atoms with Gasteiger partial charge in [0.15, 0.2) is 0 Å². The van der Waals surface area contributed by atoms with Crippen LogP contribution in [0.2, 0.25) is 0 Å². The number of ether oxygens (including phenoxy) is 1. The maximum Gasteiger partial charge on any atom is 0.335 e. The molecule has 4 aromatic carbocycles. The van der Waals surface area contributed by atoms with Gasteiger partial charge in [-0.25, -0.2) is 9.69 Å². The molecule has 1 fully saturated rings. The number of imide groups is 2. The van der Waals surface area contributed by atoms with Crippen molar-refractivity contribution in [3.8, 4) is 11.5 Å². The number of aromatic hydroxyl groups is 1. The van der Waals surface area contributed by atoms with Gasteiger partial charge in [0.05, 0.1) is 10.2 Å². The molecule has 2 N–H and O–H groups in total. The molecule has 9 heteroatoms. The molecule has 37 heavy (non-hydrogen) atoms. The number of nitrogens with one attached hydrogen (secondary N) is 1. The minimum absolute atomic E-state index is 0.0209. The molecule has 0 bridgehead atoms. The zero-order chi connectivity index (χ0) is 26.1. The Morgan fingerprint density at radius 3 is 2.43 bits per heavy atom. The molecular weight excluding hydrogens is 604 g/mol. The Morgan fingerprint density at radius 1 is 0.919 bits per heavy atom. The van der Waals surface area contributed by atoms with Crippen molar-refractivity contribution in [3.05, 3.63) is 105 Å². The predicted octanol–water partition coefficient (Wildman–Crippen LogP) is 6.32. The van der Waals surface area contributed by atoms with Crippen LogP contribution in [0.1, 0.15) is 11.1 Å². The van der Waals surface area contributed by atoms with Crippen LogP contribution in [-0.2, 0) is 16.2 Å². The zero-order valence-electron chi connectivity index (χ0n) is 19.1. The van der Waals surface area contributed by atoms with E-state index in [1.165, 1.54) is 30.3 Å². The SMILES string of the molecule is O=C1NC(=O)N(c2ccc(O)cc2)C(=O)/C1=C/c1cc(Br)cc(Br)c1OCc1cccc2ccccc12. The maximum atomic E-state index is 13.3. The molecule has 1 aliphatic heterocycles. The number of barbiturate groups is 1. The largest absolute Gasteiger partial charge is 0.508 e. The summed E-state index contributed by atoms with van der Waals surface area (Å²) in [4.78, 5) is 39.3. The van der Waals surface area contributed by atoms with Crippen molar-refractivity contribution in [3.63, 3.8) is 0 Å². The van der Waals surface area contributed by atoms with Crippen molar-refractivity contribution in [1.82, 2.24) is 5.32 Å². The lowest BCUT2D eigenvalue weighted by Gasteiger charge is -2.26. The van der Waals surface area contributed by atoms with Crippen LogP contribution in [0.15, 0.2) is 93.4 Å². The Hall–Kier alpha value is -3.95. The topological polar surface area (TPSA) is 95.9 Å². The molecule has 0 spiro atoms. The molecule has 4 aromatic rings. The highest BCUT2D eigenvalue weighted by Gasteiger charge is 2.37. The molecule has 0 atom stereocenters. The van der Waals surface area contributed by atoms with Gasteiger partial charge in [-0.1, -0.05) is 58.4 Å². The van der Waals surface area contributed by atoms with Crippen LogP contribution < -0.4 is 15.0 Å². The van der Waals surface area contributed by atoms with Crippen LogP contribution in [0.4, 0.5) is 10.5 Å². The van der Waals surface area contributed by atoms with Crippen LogP contribution >= 0.6 is 31.9 Å². The number of carbonyl (C=O) groups excluding carboxylic acids is 3. The number of benzene rings is 4. The van der Waals surface area contributed by atoms with E-state index >= 15 is 0 Å². The molecule has 5 rings (SSSR count). The van der Waals surface area contributed by atoms with Gasteiger partial charge in [-0.05, 0) is 74.7 Å². The van der Waals surface area contributed by atoms with Gasteiger partial charge in [-0.3, -0.25) is 14.9 Å². The smallest absolute Gasteiger partial charge is 0.335 e. The van der Waals surface area contributed by atoms with Crippen molar-refractivity contribution < 1.29 is 24.2 Å². The number of phenols is 1. The Bertz CT molecular complexity index is 1590. The van der Waals surface area contributed by atoms with Crippen LogP contribution in [0.3, 0.4) is 0 Å². The van der Waals surface area contributed by atoms with Gasteiger partial charge < -0.3 is 9.84 Å². The van der Waals surface area contributed by atoms with E-state index in [0.717, 1.165) is 21.2 Å². The van der Waals surface area contributed by atoms with Gasteiger partial charge >= 0.3 is 6.03 Å². The van der Waals surface area contributed by atoms with E-state index in [2.05, 4.69) is 37.2 Å². The highest BCUT2D eigenvalue weighted by atomic mass is 79.9. The monoisotopic (exact) mass is 620 g/mol. The molecular formula is C28H18Br2N2O5. The summed E-state index contributed by atoms with van der Waals surface area (Å²) in [5, 5.41) is 13.9. The molecule has 7 nitrogen and oxygen atoms in total. The lowest BCUT2D eigenvalue weighted by atomic mass is 10.0. The minimum Gasteiger partial charge on any atom is -0.508 e. The van der Waals surface area contributed by atoms with Gasteiger partial charge in [0.1, 0.15) is 23.7 Å². The number of halogens is 2. The first-order chi connectivity index (χ1) is 17.8. The summed E-state index contributed by atoms with van der Waals surface area (Å²) in [6.07, 6.45) is 1.39. The van der Waals surface area contributed by atoms with Crippen LogP contribution in [0, 0.1) is 0 Å². The Kier molecular flexibility index (Phi) is 6.82. The number of urea groups is 1. The molecule has 0 aromatic heterocycles. The van der Waals surface area contributed by atoms with Crippen molar-refractivity contribution in [2.24, 2.45) is 0 Å². The maximum absolute atomic E-state index is 13.3. The summed E-state index contributed by atoms with van der Waals surface area (Å²) in [5.74, 6) is -1.21. The molecule has 1 heterocycles. The number of hydrogen-bond acceptors (Lipinski definition) is 5. The fourth-order valence-corrected chi connectivity index (χ4v) is 5.43. The van der Waals surface area contributed by atoms with E-state index in [9.17, 15) is 19.5 Å². The first kappa shape index (κ1) is 24.7. The summed E-state index contributed by atoms with van der Waals surface area (Å²) in [5.41, 5.74) is 1.40. The molecule has 184 valence electrons. The predicted molar refractivity (Wildman–Crippen MR) is 147 cm³/mol. The van der Waals surface area contributed by atoms with Crippen LogP contribution in [-0.4, -0.2) is 23.0 Å². The second kappa shape index (κ2) is 10.2. The Balaban J connectivity index is 1.52. The van der Waals surface area contributed by atoms with E-state index in [1.807, 2.05) is 42.5 Å². The first-order valence-corrected chi connectivity index (χ1v) is 12.7. The van der Waals surface area contributed by atoms with Gasteiger partial charge in [0, 0.05) is 10.0 Å². The average molecular weight is 622 g/mol. The van der Waals surface area contributed by atoms with E-state index in [-0.39, 0.29) is 23.6 Å². The number of rotatable bonds is 5. The molecule has 0 radical (unpaired) electrons. The number of hydrogen-bond donors (Lipinski definition) is 2. The number of anilines is 1. The molecule has 1 saturated heterocycles. The Morgan fingerprint density at radius 2 is 1.65 bits per heavy atom. The number of amides is 4. The lowest BCUT2D eigenvalue weighted by molar-refractivity contribution is -0.122. The fraction of sp³-hybridized carbons (Fsp3) is 0.0357. The third-order valence-electron chi connectivity index (χ3n) is 5.80. The molecule has 0 saturated carbocycles. The number of nitrogens with zero attached hydrogens (tertiary/aromatic N) is 1. The summed E-state index contributed by atoms with van der Waals surface area (Å²) < 4.78 is 7.52. The van der Waals surface area contributed by atoms with Gasteiger partial charge in [-0.15, -0.1) is 0 Å². The highest BCUT2D eigenvalue weighted by Crippen LogP contribution is 2.36. The van der Waals surface area contributed by atoms with Crippen molar-refractivity contribution >= 4 is 72.2 Å². The lowest BCUT2D eigenvalue weighted by Crippen LogP contribution is -2.54. The first-order valence-electron chi connectivity index (χ1n) is 11.1. The van der Waals surface area contributed by atoms with Gasteiger partial charge in [-0.2, -0.15) is 0 Å². The second-order valence-electron chi connectivity index (χ2n) is 8.21. The van der Waals surface area contributed by atoms with E-state index in [0.29, 0.717) is 20.3 Å². The van der Waals surface area contributed by atoms with E-state index in [4.69, 9.17) is 4.74 Å². The third kappa shape index (κ3) is 5.00. The zero-order valence-corrected chi connectivity index (χ0v) is 22.2. The van der Waals surface area contributed by atoms with E-state index < -0.39 is 17.8 Å².